The number of carbonyl (C=O) groups is 1. The molecule has 0 aliphatic rings. The molecule has 0 atom stereocenters. The lowest BCUT2D eigenvalue weighted by atomic mass is 10.2. The summed E-state index contributed by atoms with van der Waals surface area (Å²) in [5.74, 6) is -1.16. The third-order valence-corrected chi connectivity index (χ3v) is 5.15. The van der Waals surface area contributed by atoms with Gasteiger partial charge in [-0.1, -0.05) is 0 Å². The second-order valence-corrected chi connectivity index (χ2v) is 6.57. The second kappa shape index (κ2) is 6.29. The van der Waals surface area contributed by atoms with Crippen molar-refractivity contribution in [3.8, 4) is 5.75 Å². The lowest BCUT2D eigenvalue weighted by molar-refractivity contribution is 0.0693. The van der Waals surface area contributed by atoms with Crippen molar-refractivity contribution in [1.82, 2.24) is 9.78 Å². The normalized spacial score (nSPS) is 11.3. The van der Waals surface area contributed by atoms with Crippen LogP contribution < -0.4 is 9.04 Å². The quantitative estimate of drug-likeness (QED) is 0.852. The standard InChI is InChI=1S/C14H17N3O5S/c1-4-17(10-8-15-16(2)9-10)23(20,21)11-5-6-13(22-3)12(7-11)14(18)19/h5-9H,4H2,1-3H3,(H,18,19). The van der Waals surface area contributed by atoms with Crippen LogP contribution in [0.1, 0.15) is 17.3 Å². The maximum Gasteiger partial charge on any atom is 0.339 e. The van der Waals surface area contributed by atoms with Gasteiger partial charge in [-0.05, 0) is 25.1 Å². The fraction of sp³-hybridized carbons (Fsp3) is 0.286. The van der Waals surface area contributed by atoms with Gasteiger partial charge in [-0.15, -0.1) is 0 Å². The van der Waals surface area contributed by atoms with E-state index in [9.17, 15) is 18.3 Å². The summed E-state index contributed by atoms with van der Waals surface area (Å²) in [6.07, 6.45) is 3.01. The lowest BCUT2D eigenvalue weighted by Gasteiger charge is -2.21. The molecule has 1 aromatic carbocycles. The largest absolute Gasteiger partial charge is 0.496 e. The van der Waals surface area contributed by atoms with Crippen LogP contribution >= 0.6 is 0 Å². The zero-order valence-corrected chi connectivity index (χ0v) is 13.7. The van der Waals surface area contributed by atoms with Gasteiger partial charge in [-0.2, -0.15) is 5.10 Å². The molecule has 0 aliphatic heterocycles. The number of benzene rings is 1. The topological polar surface area (TPSA) is 102 Å². The van der Waals surface area contributed by atoms with Gasteiger partial charge in [-0.3, -0.25) is 8.99 Å². The van der Waals surface area contributed by atoms with Gasteiger partial charge in [0.25, 0.3) is 10.0 Å². The molecule has 0 saturated heterocycles. The van der Waals surface area contributed by atoms with Crippen molar-refractivity contribution in [3.63, 3.8) is 0 Å². The minimum Gasteiger partial charge on any atom is -0.496 e. The molecule has 1 N–H and O–H groups in total. The summed E-state index contributed by atoms with van der Waals surface area (Å²) >= 11 is 0. The molecule has 0 unspecified atom stereocenters. The van der Waals surface area contributed by atoms with Gasteiger partial charge in [-0.25, -0.2) is 13.2 Å². The van der Waals surface area contributed by atoms with Gasteiger partial charge in [0.2, 0.25) is 0 Å². The van der Waals surface area contributed by atoms with Crippen molar-refractivity contribution in [1.29, 1.82) is 0 Å². The van der Waals surface area contributed by atoms with Crippen LogP contribution in [-0.2, 0) is 17.1 Å². The van der Waals surface area contributed by atoms with E-state index in [4.69, 9.17) is 4.74 Å². The predicted octanol–water partition coefficient (Wildman–Crippen LogP) is 1.34. The van der Waals surface area contributed by atoms with Crippen LogP contribution in [0.2, 0.25) is 0 Å². The molecule has 124 valence electrons. The van der Waals surface area contributed by atoms with Crippen molar-refractivity contribution >= 4 is 21.7 Å². The number of nitrogens with zero attached hydrogens (tertiary/aromatic N) is 3. The maximum atomic E-state index is 12.8. The average Bonchev–Trinajstić information content (AvgIpc) is 2.93. The van der Waals surface area contributed by atoms with Gasteiger partial charge in [0.1, 0.15) is 11.3 Å². The van der Waals surface area contributed by atoms with Crippen molar-refractivity contribution in [2.75, 3.05) is 18.0 Å². The van der Waals surface area contributed by atoms with E-state index in [1.807, 2.05) is 0 Å². The Morgan fingerprint density at radius 3 is 2.61 bits per heavy atom. The van der Waals surface area contributed by atoms with Crippen LogP contribution in [0.25, 0.3) is 0 Å². The number of ether oxygens (including phenoxy) is 1. The fourth-order valence-corrected chi connectivity index (χ4v) is 3.64. The highest BCUT2D eigenvalue weighted by atomic mass is 32.2. The molecule has 1 heterocycles. The summed E-state index contributed by atoms with van der Waals surface area (Å²) in [6, 6.07) is 3.74. The molecule has 0 radical (unpaired) electrons. The van der Waals surface area contributed by atoms with Crippen LogP contribution in [0.3, 0.4) is 0 Å². The summed E-state index contributed by atoms with van der Waals surface area (Å²) in [5.41, 5.74) is 0.193. The Kier molecular flexibility index (Phi) is 4.60. The summed E-state index contributed by atoms with van der Waals surface area (Å²) in [4.78, 5) is 11.1. The van der Waals surface area contributed by atoms with Crippen molar-refractivity contribution in [3.05, 3.63) is 36.2 Å². The first-order valence-electron chi connectivity index (χ1n) is 6.74. The monoisotopic (exact) mass is 339 g/mol. The first-order valence-corrected chi connectivity index (χ1v) is 8.18. The van der Waals surface area contributed by atoms with Crippen molar-refractivity contribution in [2.24, 2.45) is 7.05 Å². The van der Waals surface area contributed by atoms with Crippen LogP contribution in [0, 0.1) is 0 Å². The Morgan fingerprint density at radius 2 is 2.13 bits per heavy atom. The van der Waals surface area contributed by atoms with Gasteiger partial charge in [0.15, 0.2) is 0 Å². The van der Waals surface area contributed by atoms with Gasteiger partial charge in [0, 0.05) is 19.8 Å². The van der Waals surface area contributed by atoms with Crippen LogP contribution in [0.5, 0.6) is 5.75 Å². The smallest absolute Gasteiger partial charge is 0.339 e. The highest BCUT2D eigenvalue weighted by molar-refractivity contribution is 7.92. The summed E-state index contributed by atoms with van der Waals surface area (Å²) in [6.45, 7) is 1.87. The summed E-state index contributed by atoms with van der Waals surface area (Å²) < 4.78 is 33.2. The van der Waals surface area contributed by atoms with E-state index in [-0.39, 0.29) is 22.8 Å². The Morgan fingerprint density at radius 1 is 1.43 bits per heavy atom. The molecule has 2 rings (SSSR count). The highest BCUT2D eigenvalue weighted by Crippen LogP contribution is 2.27. The fourth-order valence-electron chi connectivity index (χ4n) is 2.17. The Balaban J connectivity index is 2.54. The summed E-state index contributed by atoms with van der Waals surface area (Å²) in [7, 11) is -0.907. The SMILES string of the molecule is CCN(c1cnn(C)c1)S(=O)(=O)c1ccc(OC)c(C(=O)O)c1. The summed E-state index contributed by atoms with van der Waals surface area (Å²) in [5, 5.41) is 13.2. The number of aromatic carboxylic acids is 1. The van der Waals surface area contributed by atoms with E-state index in [1.165, 1.54) is 30.1 Å². The molecular weight excluding hydrogens is 322 g/mol. The number of anilines is 1. The Bertz CT molecular complexity index is 829. The molecule has 1 aromatic heterocycles. The van der Waals surface area contributed by atoms with E-state index < -0.39 is 16.0 Å². The molecule has 0 bridgehead atoms. The number of hydrogen-bond donors (Lipinski definition) is 1. The number of sulfonamides is 1. The number of methoxy groups -OCH3 is 1. The number of carboxylic acids is 1. The Hall–Kier alpha value is -2.55. The van der Waals surface area contributed by atoms with Crippen molar-refractivity contribution < 1.29 is 23.1 Å². The molecular formula is C14H17N3O5S. The number of rotatable bonds is 6. The molecule has 0 amide bonds. The van der Waals surface area contributed by atoms with Crippen LogP contribution in [0.4, 0.5) is 5.69 Å². The lowest BCUT2D eigenvalue weighted by Crippen LogP contribution is -2.30. The van der Waals surface area contributed by atoms with Crippen molar-refractivity contribution in [2.45, 2.75) is 11.8 Å². The number of aromatic nitrogens is 2. The predicted molar refractivity (Wildman–Crippen MR) is 83.4 cm³/mol. The molecule has 0 saturated carbocycles. The van der Waals surface area contributed by atoms with Gasteiger partial charge >= 0.3 is 5.97 Å². The van der Waals surface area contributed by atoms with E-state index in [2.05, 4.69) is 5.10 Å². The third-order valence-electron chi connectivity index (χ3n) is 3.26. The first kappa shape index (κ1) is 16.8. The van der Waals surface area contributed by atoms with Crippen LogP contribution in [-0.4, -0.2) is 42.9 Å². The molecule has 23 heavy (non-hydrogen) atoms. The second-order valence-electron chi connectivity index (χ2n) is 4.71. The van der Waals surface area contributed by atoms with Gasteiger partial charge in [0.05, 0.1) is 23.9 Å². The molecule has 0 spiro atoms. The maximum absolute atomic E-state index is 12.8. The molecule has 2 aromatic rings. The molecule has 9 heteroatoms. The van der Waals surface area contributed by atoms with E-state index in [1.54, 1.807) is 20.2 Å². The zero-order valence-electron chi connectivity index (χ0n) is 12.9. The molecule has 8 nitrogen and oxygen atoms in total. The molecule has 0 fully saturated rings. The van der Waals surface area contributed by atoms with Crippen LogP contribution in [0.15, 0.2) is 35.5 Å². The number of carboxylic acid groups (broad SMARTS) is 1. The van der Waals surface area contributed by atoms with Gasteiger partial charge < -0.3 is 9.84 Å². The number of hydrogen-bond acceptors (Lipinski definition) is 5. The minimum atomic E-state index is -3.91. The Labute approximate surface area is 134 Å². The third kappa shape index (κ3) is 3.14. The van der Waals surface area contributed by atoms with E-state index >= 15 is 0 Å². The first-order chi connectivity index (χ1) is 10.8. The van der Waals surface area contributed by atoms with E-state index in [0.29, 0.717) is 5.69 Å². The average molecular weight is 339 g/mol. The molecule has 0 aliphatic carbocycles. The minimum absolute atomic E-state index is 0.0980. The van der Waals surface area contributed by atoms with E-state index in [0.717, 1.165) is 10.4 Å². The number of aryl methyl sites for hydroxylation is 1. The highest BCUT2D eigenvalue weighted by Gasteiger charge is 2.26. The zero-order chi connectivity index (χ0) is 17.2.